The maximum absolute atomic E-state index is 11.4. The molecule has 15 heavy (non-hydrogen) atoms. The van der Waals surface area contributed by atoms with Crippen LogP contribution in [0.25, 0.3) is 0 Å². The predicted molar refractivity (Wildman–Crippen MR) is 55.6 cm³/mol. The minimum absolute atomic E-state index is 0.0448. The van der Waals surface area contributed by atoms with Crippen molar-refractivity contribution < 1.29 is 14.7 Å². The molecule has 1 aliphatic rings. The second-order valence-electron chi connectivity index (χ2n) is 4.23. The zero-order valence-electron chi connectivity index (χ0n) is 9.19. The van der Waals surface area contributed by atoms with Crippen LogP contribution >= 0.6 is 0 Å². The molecule has 0 spiro atoms. The molecule has 2 N–H and O–H groups in total. The molecule has 1 rings (SSSR count). The van der Waals surface area contributed by atoms with Crippen LogP contribution in [0.2, 0.25) is 0 Å². The summed E-state index contributed by atoms with van der Waals surface area (Å²) in [4.78, 5) is 23.6. The maximum atomic E-state index is 11.4. The molecule has 5 nitrogen and oxygen atoms in total. The highest BCUT2D eigenvalue weighted by atomic mass is 16.4. The molecule has 86 valence electrons. The Kier molecular flexibility index (Phi) is 3.94. The first-order valence-electron chi connectivity index (χ1n) is 5.27. The van der Waals surface area contributed by atoms with Gasteiger partial charge in [-0.15, -0.1) is 0 Å². The first-order chi connectivity index (χ1) is 7.00. The van der Waals surface area contributed by atoms with Crippen molar-refractivity contribution in [2.75, 3.05) is 13.1 Å². The molecule has 1 heterocycles. The zero-order valence-corrected chi connectivity index (χ0v) is 9.19. The Morgan fingerprint density at radius 2 is 2.33 bits per heavy atom. The number of nitrogens with zero attached hydrogens (tertiary/aromatic N) is 1. The SMILES string of the molecule is CC(C)N1CC(CCC(=O)O)CNC1=O. The summed E-state index contributed by atoms with van der Waals surface area (Å²) in [5.74, 6) is -0.524. The van der Waals surface area contributed by atoms with Crippen molar-refractivity contribution in [1.82, 2.24) is 10.2 Å². The molecule has 1 aliphatic heterocycles. The Bertz CT molecular complexity index is 253. The van der Waals surface area contributed by atoms with Gasteiger partial charge in [0.1, 0.15) is 0 Å². The summed E-state index contributed by atoms with van der Waals surface area (Å²) in [5.41, 5.74) is 0. The molecule has 1 atom stereocenters. The van der Waals surface area contributed by atoms with Crippen molar-refractivity contribution >= 4 is 12.0 Å². The number of amides is 2. The lowest BCUT2D eigenvalue weighted by Gasteiger charge is -2.35. The first-order valence-corrected chi connectivity index (χ1v) is 5.27. The number of carbonyl (C=O) groups is 2. The van der Waals surface area contributed by atoms with Crippen LogP contribution < -0.4 is 5.32 Å². The van der Waals surface area contributed by atoms with Gasteiger partial charge in [-0.05, 0) is 26.2 Å². The molecule has 0 aromatic carbocycles. The zero-order chi connectivity index (χ0) is 11.4. The number of aliphatic carboxylic acids is 1. The van der Waals surface area contributed by atoms with E-state index in [1.165, 1.54) is 0 Å². The molecule has 1 fully saturated rings. The number of rotatable bonds is 4. The molecular weight excluding hydrogens is 196 g/mol. The molecule has 0 aromatic rings. The van der Waals surface area contributed by atoms with E-state index in [2.05, 4.69) is 5.32 Å². The third-order valence-corrected chi connectivity index (χ3v) is 2.65. The van der Waals surface area contributed by atoms with Crippen LogP contribution in [-0.4, -0.2) is 41.1 Å². The summed E-state index contributed by atoms with van der Waals surface area (Å²) < 4.78 is 0. The lowest BCUT2D eigenvalue weighted by molar-refractivity contribution is -0.137. The van der Waals surface area contributed by atoms with Crippen LogP contribution in [0.15, 0.2) is 0 Å². The van der Waals surface area contributed by atoms with Crippen LogP contribution in [0.5, 0.6) is 0 Å². The second-order valence-corrected chi connectivity index (χ2v) is 4.23. The van der Waals surface area contributed by atoms with Crippen molar-refractivity contribution in [2.45, 2.75) is 32.7 Å². The van der Waals surface area contributed by atoms with Crippen molar-refractivity contribution in [3.05, 3.63) is 0 Å². The van der Waals surface area contributed by atoms with E-state index >= 15 is 0 Å². The third kappa shape index (κ3) is 3.42. The molecule has 1 saturated heterocycles. The quantitative estimate of drug-likeness (QED) is 0.730. The first kappa shape index (κ1) is 11.8. The van der Waals surface area contributed by atoms with Gasteiger partial charge in [-0.3, -0.25) is 4.79 Å². The molecular formula is C10H18N2O3. The molecule has 2 amide bonds. The lowest BCUT2D eigenvalue weighted by Crippen LogP contribution is -2.53. The number of carboxylic acid groups (broad SMARTS) is 1. The fourth-order valence-electron chi connectivity index (χ4n) is 1.73. The van der Waals surface area contributed by atoms with Crippen LogP contribution in [0.1, 0.15) is 26.7 Å². The fourth-order valence-corrected chi connectivity index (χ4v) is 1.73. The van der Waals surface area contributed by atoms with Crippen molar-refractivity contribution in [3.8, 4) is 0 Å². The average Bonchev–Trinajstić information content (AvgIpc) is 2.16. The smallest absolute Gasteiger partial charge is 0.317 e. The van der Waals surface area contributed by atoms with E-state index < -0.39 is 5.97 Å². The summed E-state index contributed by atoms with van der Waals surface area (Å²) in [6, 6.07) is 0.120. The van der Waals surface area contributed by atoms with Gasteiger partial charge in [-0.1, -0.05) is 0 Å². The second kappa shape index (κ2) is 5.00. The Morgan fingerprint density at radius 3 is 2.87 bits per heavy atom. The molecule has 0 radical (unpaired) electrons. The van der Waals surface area contributed by atoms with Gasteiger partial charge in [0, 0.05) is 25.6 Å². The van der Waals surface area contributed by atoms with E-state index in [-0.39, 0.29) is 24.4 Å². The van der Waals surface area contributed by atoms with Crippen LogP contribution in [0.4, 0.5) is 4.79 Å². The van der Waals surface area contributed by atoms with Gasteiger partial charge in [0.05, 0.1) is 0 Å². The standard InChI is InChI=1S/C10H18N2O3/c1-7(2)12-6-8(3-4-9(13)14)5-11-10(12)15/h7-8H,3-6H2,1-2H3,(H,11,15)(H,13,14). The van der Waals surface area contributed by atoms with Gasteiger partial charge in [0.15, 0.2) is 0 Å². The Morgan fingerprint density at radius 1 is 1.67 bits per heavy atom. The van der Waals surface area contributed by atoms with E-state index in [1.807, 2.05) is 13.8 Å². The van der Waals surface area contributed by atoms with Gasteiger partial charge >= 0.3 is 12.0 Å². The molecule has 0 aliphatic carbocycles. The number of carbonyl (C=O) groups excluding carboxylic acids is 1. The molecule has 1 unspecified atom stereocenters. The normalized spacial score (nSPS) is 21.7. The summed E-state index contributed by atoms with van der Waals surface area (Å²) in [6.07, 6.45) is 0.797. The number of hydrogen-bond acceptors (Lipinski definition) is 2. The third-order valence-electron chi connectivity index (χ3n) is 2.65. The number of hydrogen-bond donors (Lipinski definition) is 2. The van der Waals surface area contributed by atoms with Gasteiger partial charge < -0.3 is 15.3 Å². The Balaban J connectivity index is 2.43. The average molecular weight is 214 g/mol. The number of carboxylic acids is 1. The summed E-state index contributed by atoms with van der Waals surface area (Å²) in [7, 11) is 0. The van der Waals surface area contributed by atoms with Crippen molar-refractivity contribution in [3.63, 3.8) is 0 Å². The monoisotopic (exact) mass is 214 g/mol. The molecule has 0 saturated carbocycles. The van der Waals surface area contributed by atoms with Gasteiger partial charge in [0.25, 0.3) is 0 Å². The fraction of sp³-hybridized carbons (Fsp3) is 0.800. The number of nitrogens with one attached hydrogen (secondary N) is 1. The molecule has 0 aromatic heterocycles. The highest BCUT2D eigenvalue weighted by Gasteiger charge is 2.26. The van der Waals surface area contributed by atoms with Gasteiger partial charge in [-0.2, -0.15) is 0 Å². The van der Waals surface area contributed by atoms with Crippen LogP contribution in [0.3, 0.4) is 0 Å². The number of urea groups is 1. The Hall–Kier alpha value is -1.26. The van der Waals surface area contributed by atoms with E-state index in [1.54, 1.807) is 4.90 Å². The lowest BCUT2D eigenvalue weighted by atomic mass is 10.0. The molecule has 5 heteroatoms. The largest absolute Gasteiger partial charge is 0.481 e. The van der Waals surface area contributed by atoms with Crippen molar-refractivity contribution in [1.29, 1.82) is 0 Å². The van der Waals surface area contributed by atoms with Crippen molar-refractivity contribution in [2.24, 2.45) is 5.92 Å². The van der Waals surface area contributed by atoms with Gasteiger partial charge in [-0.25, -0.2) is 4.79 Å². The van der Waals surface area contributed by atoms with Crippen LogP contribution in [-0.2, 0) is 4.79 Å². The summed E-state index contributed by atoms with van der Waals surface area (Å²) >= 11 is 0. The highest BCUT2D eigenvalue weighted by molar-refractivity contribution is 5.75. The van der Waals surface area contributed by atoms with E-state index in [4.69, 9.17) is 5.11 Å². The highest BCUT2D eigenvalue weighted by Crippen LogP contribution is 2.14. The molecule has 0 bridgehead atoms. The Labute approximate surface area is 89.4 Å². The minimum atomic E-state index is -0.775. The topological polar surface area (TPSA) is 69.6 Å². The van der Waals surface area contributed by atoms with E-state index in [0.29, 0.717) is 19.5 Å². The van der Waals surface area contributed by atoms with E-state index in [0.717, 1.165) is 0 Å². The maximum Gasteiger partial charge on any atom is 0.317 e. The van der Waals surface area contributed by atoms with Crippen LogP contribution in [0, 0.1) is 5.92 Å². The minimum Gasteiger partial charge on any atom is -0.481 e. The predicted octanol–water partition coefficient (Wildman–Crippen LogP) is 0.901. The summed E-state index contributed by atoms with van der Waals surface area (Å²) in [5, 5.41) is 11.4. The van der Waals surface area contributed by atoms with Gasteiger partial charge in [0.2, 0.25) is 0 Å². The summed E-state index contributed by atoms with van der Waals surface area (Å²) in [6.45, 7) is 5.17. The van der Waals surface area contributed by atoms with E-state index in [9.17, 15) is 9.59 Å².